The van der Waals surface area contributed by atoms with Crippen LogP contribution < -0.4 is 60.6 Å². The zero-order valence-corrected chi connectivity index (χ0v) is 33.3. The average molecular weight is 831 g/mol. The van der Waals surface area contributed by atoms with Gasteiger partial charge >= 0.3 is 11.9 Å². The van der Waals surface area contributed by atoms with E-state index in [1.807, 2.05) is 0 Å². The van der Waals surface area contributed by atoms with Gasteiger partial charge in [-0.25, -0.2) is 4.79 Å². The minimum absolute atomic E-state index is 0.0238. The molecule has 0 aliphatic heterocycles. The lowest BCUT2D eigenvalue weighted by atomic mass is 9.99. The van der Waals surface area contributed by atoms with Gasteiger partial charge in [0, 0.05) is 6.54 Å². The van der Waals surface area contributed by atoms with Gasteiger partial charge in [-0.05, 0) is 56.9 Å². The number of aliphatic hydroxyl groups is 1. The summed E-state index contributed by atoms with van der Waals surface area (Å²) in [4.78, 5) is 118. The van der Waals surface area contributed by atoms with Crippen LogP contribution >= 0.6 is 0 Å². The lowest BCUT2D eigenvalue weighted by Crippen LogP contribution is -2.61. The molecule has 0 rings (SSSR count). The molecule has 0 spiro atoms. The Hall–Kier alpha value is -5.62. The highest BCUT2D eigenvalue weighted by molar-refractivity contribution is 5.99. The molecule has 0 fully saturated rings. The first-order valence-electron chi connectivity index (χ1n) is 18.7. The number of hydrogen-bond donors (Lipinski definition) is 14. The van der Waals surface area contributed by atoms with E-state index in [4.69, 9.17) is 28.7 Å². The Kier molecular flexibility index (Phi) is 24.5. The first-order chi connectivity index (χ1) is 27.0. The van der Waals surface area contributed by atoms with E-state index in [-0.39, 0.29) is 44.1 Å². The molecule has 0 aliphatic rings. The summed E-state index contributed by atoms with van der Waals surface area (Å²) in [7, 11) is 0. The third kappa shape index (κ3) is 21.1. The van der Waals surface area contributed by atoms with Crippen LogP contribution in [0.25, 0.3) is 0 Å². The molecule has 0 bridgehead atoms. The number of amides is 7. The molecule has 0 aromatic rings. The van der Waals surface area contributed by atoms with Gasteiger partial charge in [0.15, 0.2) is 5.96 Å². The zero-order chi connectivity index (χ0) is 44.7. The first-order valence-corrected chi connectivity index (χ1v) is 18.7. The highest BCUT2D eigenvalue weighted by Crippen LogP contribution is 2.11. The smallest absolute Gasteiger partial charge is 0.326 e. The van der Waals surface area contributed by atoms with Crippen LogP contribution in [0.5, 0.6) is 0 Å². The van der Waals surface area contributed by atoms with E-state index in [9.17, 15) is 58.5 Å². The summed E-state index contributed by atoms with van der Waals surface area (Å²) < 4.78 is 0. The number of aliphatic imine (C=N–C) groups is 1. The second-order valence-corrected chi connectivity index (χ2v) is 14.3. The molecule has 58 heavy (non-hydrogen) atoms. The van der Waals surface area contributed by atoms with Crippen LogP contribution in [-0.4, -0.2) is 137 Å². The summed E-state index contributed by atoms with van der Waals surface area (Å²) in [6, 6.07) is -10.5. The van der Waals surface area contributed by atoms with Crippen molar-refractivity contribution in [2.45, 2.75) is 121 Å². The molecule has 330 valence electrons. The Labute approximate surface area is 336 Å². The van der Waals surface area contributed by atoms with Crippen LogP contribution in [0.15, 0.2) is 4.99 Å². The van der Waals surface area contributed by atoms with E-state index < -0.39 is 121 Å². The Balaban J connectivity index is 6.11. The number of rotatable bonds is 29. The fraction of sp³-hybridized carbons (Fsp3) is 0.706. The SMILES string of the molecule is CC(C)C[C@H](NC(=O)[C@H](CC(N)=O)NC(=O)[C@H](CC(=O)O)NC(=O)[C@H](CO)NC(=O)[C@@H](N)CCCN=C(N)N)C(=O)N[C@H](C(=O)N[C@@H](CCCCN)C(=O)O)C(C)C. The van der Waals surface area contributed by atoms with Crippen molar-refractivity contribution in [2.75, 3.05) is 19.7 Å². The van der Waals surface area contributed by atoms with Crippen LogP contribution in [0.2, 0.25) is 0 Å². The van der Waals surface area contributed by atoms with Crippen molar-refractivity contribution >= 4 is 59.2 Å². The molecule has 0 saturated carbocycles. The zero-order valence-electron chi connectivity index (χ0n) is 33.3. The highest BCUT2D eigenvalue weighted by atomic mass is 16.4. The van der Waals surface area contributed by atoms with E-state index in [1.54, 1.807) is 27.7 Å². The number of carbonyl (C=O) groups excluding carboxylic acids is 7. The van der Waals surface area contributed by atoms with Crippen LogP contribution in [0.3, 0.4) is 0 Å². The first kappa shape index (κ1) is 52.4. The topological polar surface area (TPSA) is 429 Å². The van der Waals surface area contributed by atoms with Crippen molar-refractivity contribution in [1.82, 2.24) is 31.9 Å². The molecule has 0 aromatic carbocycles. The van der Waals surface area contributed by atoms with Crippen LogP contribution in [0.1, 0.15) is 79.1 Å². The summed E-state index contributed by atoms with van der Waals surface area (Å²) in [6.45, 7) is 6.10. The van der Waals surface area contributed by atoms with E-state index in [0.29, 0.717) is 19.4 Å². The number of hydrogen-bond acceptors (Lipinski definition) is 13. The van der Waals surface area contributed by atoms with Gasteiger partial charge in [0.25, 0.3) is 0 Å². The third-order valence-electron chi connectivity index (χ3n) is 8.32. The second kappa shape index (κ2) is 27.1. The second-order valence-electron chi connectivity index (χ2n) is 14.3. The number of nitrogens with two attached hydrogens (primary N) is 5. The van der Waals surface area contributed by atoms with Crippen LogP contribution in [0, 0.1) is 11.8 Å². The number of carboxylic acid groups (broad SMARTS) is 2. The average Bonchev–Trinajstić information content (AvgIpc) is 3.11. The van der Waals surface area contributed by atoms with Crippen molar-refractivity contribution in [1.29, 1.82) is 0 Å². The molecule has 0 radical (unpaired) electrons. The van der Waals surface area contributed by atoms with Crippen molar-refractivity contribution in [3.63, 3.8) is 0 Å². The quantitative estimate of drug-likeness (QED) is 0.0190. The summed E-state index contributed by atoms with van der Waals surface area (Å²) in [5, 5.41) is 42.7. The fourth-order valence-corrected chi connectivity index (χ4v) is 5.24. The summed E-state index contributed by atoms with van der Waals surface area (Å²) in [5.41, 5.74) is 27.1. The van der Waals surface area contributed by atoms with Gasteiger partial charge in [-0.15, -0.1) is 0 Å². The van der Waals surface area contributed by atoms with Crippen molar-refractivity contribution < 1.29 is 58.5 Å². The maximum absolute atomic E-state index is 13.6. The molecule has 0 aliphatic carbocycles. The van der Waals surface area contributed by atoms with E-state index in [2.05, 4.69) is 36.9 Å². The Morgan fingerprint density at radius 3 is 1.57 bits per heavy atom. The Morgan fingerprint density at radius 2 is 1.10 bits per heavy atom. The number of unbranched alkanes of at least 4 members (excludes halogenated alkanes) is 1. The Bertz CT molecular complexity index is 1460. The maximum atomic E-state index is 13.6. The summed E-state index contributed by atoms with van der Waals surface area (Å²) in [5.74, 6) is -11.1. The van der Waals surface area contributed by atoms with Crippen molar-refractivity contribution in [3.8, 4) is 0 Å². The maximum Gasteiger partial charge on any atom is 0.326 e. The number of nitrogens with one attached hydrogen (secondary N) is 6. The summed E-state index contributed by atoms with van der Waals surface area (Å²) >= 11 is 0. The number of carbonyl (C=O) groups is 9. The molecular weight excluding hydrogens is 768 g/mol. The molecule has 0 saturated heterocycles. The molecule has 0 unspecified atom stereocenters. The van der Waals surface area contributed by atoms with Gasteiger partial charge in [0.1, 0.15) is 36.3 Å². The molecule has 7 atom stereocenters. The number of aliphatic carboxylic acids is 2. The van der Waals surface area contributed by atoms with Gasteiger partial charge < -0.3 is 75.9 Å². The van der Waals surface area contributed by atoms with E-state index in [0.717, 1.165) is 0 Å². The lowest BCUT2D eigenvalue weighted by Gasteiger charge is -2.28. The van der Waals surface area contributed by atoms with Gasteiger partial charge in [-0.3, -0.25) is 43.3 Å². The van der Waals surface area contributed by atoms with Gasteiger partial charge in [0.05, 0.1) is 25.5 Å². The number of primary amides is 1. The Morgan fingerprint density at radius 1 is 0.603 bits per heavy atom. The molecule has 7 amide bonds. The van der Waals surface area contributed by atoms with E-state index in [1.165, 1.54) is 0 Å². The predicted octanol–water partition coefficient (Wildman–Crippen LogP) is -5.47. The fourth-order valence-electron chi connectivity index (χ4n) is 5.24. The largest absolute Gasteiger partial charge is 0.481 e. The molecule has 24 heteroatoms. The minimum atomic E-state index is -1.93. The highest BCUT2D eigenvalue weighted by Gasteiger charge is 2.35. The molecule has 19 N–H and O–H groups in total. The third-order valence-corrected chi connectivity index (χ3v) is 8.32. The van der Waals surface area contributed by atoms with Crippen molar-refractivity contribution in [3.05, 3.63) is 0 Å². The summed E-state index contributed by atoms with van der Waals surface area (Å²) in [6.07, 6.45) is -0.548. The standard InChI is InChI=1S/C34H62N12O12/c1-16(2)12-20(30(54)46-26(17(3)4)32(56)41-19(33(57)58)9-5-6-10-35)42-28(52)21(13-24(37)48)43-29(53)22(14-25(49)50)44-31(55)23(15-47)45-27(51)18(36)8-7-11-40-34(38)39/h16-23,26,47H,5-15,35-36H2,1-4H3,(H2,37,48)(H,41,56)(H,42,52)(H,43,53)(H,44,55)(H,45,51)(H,46,54)(H,49,50)(H,57,58)(H4,38,39,40)/t18-,19-,20-,21-,22-,23-,26-/m0/s1. The van der Waals surface area contributed by atoms with Crippen molar-refractivity contribution in [2.24, 2.45) is 45.5 Å². The number of guanidine groups is 1. The predicted molar refractivity (Wildman–Crippen MR) is 207 cm³/mol. The molecular formula is C34H62N12O12. The molecule has 0 aromatic heterocycles. The van der Waals surface area contributed by atoms with Crippen LogP contribution in [0.4, 0.5) is 0 Å². The van der Waals surface area contributed by atoms with Gasteiger partial charge in [0.2, 0.25) is 41.4 Å². The van der Waals surface area contributed by atoms with Gasteiger partial charge in [-0.2, -0.15) is 0 Å². The number of carboxylic acids is 2. The van der Waals surface area contributed by atoms with Gasteiger partial charge in [-0.1, -0.05) is 27.7 Å². The normalized spacial score (nSPS) is 14.6. The lowest BCUT2D eigenvalue weighted by molar-refractivity contribution is -0.143. The monoisotopic (exact) mass is 830 g/mol. The number of aliphatic hydroxyl groups excluding tert-OH is 1. The van der Waals surface area contributed by atoms with Crippen LogP contribution in [-0.2, 0) is 43.2 Å². The minimum Gasteiger partial charge on any atom is -0.481 e. The van der Waals surface area contributed by atoms with E-state index >= 15 is 0 Å². The molecule has 0 heterocycles. The number of nitrogens with zero attached hydrogens (tertiary/aromatic N) is 1. The molecule has 24 nitrogen and oxygen atoms in total.